The number of imide groups is 1. The van der Waals surface area contributed by atoms with E-state index in [2.05, 4.69) is 10.1 Å². The number of amides is 2. The number of hydrogen-bond acceptors (Lipinski definition) is 6. The van der Waals surface area contributed by atoms with Crippen molar-refractivity contribution in [3.8, 4) is 0 Å². The summed E-state index contributed by atoms with van der Waals surface area (Å²) in [7, 11) is -3.55. The lowest BCUT2D eigenvalue weighted by atomic mass is 10.1. The van der Waals surface area contributed by atoms with Gasteiger partial charge in [-0.3, -0.25) is 15.0 Å². The van der Waals surface area contributed by atoms with Crippen molar-refractivity contribution in [3.63, 3.8) is 0 Å². The smallest absolute Gasteiger partial charge is 0.413 e. The minimum atomic E-state index is -3.55. The predicted octanol–water partition coefficient (Wildman–Crippen LogP) is 0.882. The van der Waals surface area contributed by atoms with Crippen LogP contribution in [-0.2, 0) is 19.6 Å². The minimum Gasteiger partial charge on any atom is -0.450 e. The van der Waals surface area contributed by atoms with Gasteiger partial charge in [-0.05, 0) is 44.0 Å². The highest BCUT2D eigenvalue weighted by molar-refractivity contribution is 7.89. The minimum absolute atomic E-state index is 0.0241. The fourth-order valence-corrected chi connectivity index (χ4v) is 4.18. The Bertz CT molecular complexity index is 771. The molecule has 9 heteroatoms. The molecule has 2 amide bonds. The number of alkyl carbamates (subject to hydrolysis) is 1. The van der Waals surface area contributed by atoms with Crippen LogP contribution < -0.4 is 5.32 Å². The zero-order valence-corrected chi connectivity index (χ0v) is 16.1. The molecule has 8 nitrogen and oxygen atoms in total. The van der Waals surface area contributed by atoms with Gasteiger partial charge in [0.15, 0.2) is 0 Å². The number of piperazine rings is 1. The Balaban J connectivity index is 1.92. The zero-order valence-electron chi connectivity index (χ0n) is 15.3. The Hall–Kier alpha value is -1.97. The van der Waals surface area contributed by atoms with E-state index in [1.54, 1.807) is 30.0 Å². The summed E-state index contributed by atoms with van der Waals surface area (Å²) in [6.07, 6.45) is -0.770. The fourth-order valence-electron chi connectivity index (χ4n) is 2.68. The number of rotatable bonds is 5. The molecule has 1 aromatic rings. The Morgan fingerprint density at radius 2 is 1.77 bits per heavy atom. The number of nitrogens with zero attached hydrogens (tertiary/aromatic N) is 2. The highest BCUT2D eigenvalue weighted by Gasteiger charge is 2.29. The highest BCUT2D eigenvalue weighted by atomic mass is 32.2. The molecule has 1 fully saturated rings. The normalized spacial score (nSPS) is 16.3. The lowest BCUT2D eigenvalue weighted by molar-refractivity contribution is -0.121. The van der Waals surface area contributed by atoms with E-state index in [0.29, 0.717) is 26.2 Å². The molecule has 0 aliphatic carbocycles. The molecule has 0 bridgehead atoms. The average molecular weight is 383 g/mol. The molecule has 0 spiro atoms. The molecule has 0 atom stereocenters. The molecule has 1 aliphatic heterocycles. The van der Waals surface area contributed by atoms with Gasteiger partial charge in [0, 0.05) is 26.2 Å². The number of hydrogen-bond donors (Lipinski definition) is 1. The SMILES string of the molecule is CCOC(=O)NC(=O)CN1CCN(S(=O)(=O)c2ccc(C)c(C)c2)CC1. The predicted molar refractivity (Wildman–Crippen MR) is 96.3 cm³/mol. The summed E-state index contributed by atoms with van der Waals surface area (Å²) in [4.78, 5) is 25.1. The number of carbonyl (C=O) groups is 2. The van der Waals surface area contributed by atoms with Gasteiger partial charge in [-0.2, -0.15) is 4.31 Å². The molecule has 2 rings (SSSR count). The van der Waals surface area contributed by atoms with E-state index in [1.165, 1.54) is 4.31 Å². The number of ether oxygens (including phenoxy) is 1. The van der Waals surface area contributed by atoms with Crippen molar-refractivity contribution in [2.24, 2.45) is 0 Å². The van der Waals surface area contributed by atoms with Gasteiger partial charge in [0.25, 0.3) is 0 Å². The van der Waals surface area contributed by atoms with Crippen LogP contribution >= 0.6 is 0 Å². The number of carbonyl (C=O) groups excluding carboxylic acids is 2. The second kappa shape index (κ2) is 8.61. The lowest BCUT2D eigenvalue weighted by Gasteiger charge is -2.33. The Labute approximate surface area is 154 Å². The summed E-state index contributed by atoms with van der Waals surface area (Å²) in [5.74, 6) is -0.464. The van der Waals surface area contributed by atoms with Crippen LogP contribution in [0.2, 0.25) is 0 Å². The van der Waals surface area contributed by atoms with Gasteiger partial charge in [0.1, 0.15) is 0 Å². The maximum atomic E-state index is 12.8. The molecular formula is C17H25N3O5S. The number of aryl methyl sites for hydroxylation is 2. The van der Waals surface area contributed by atoms with Gasteiger partial charge >= 0.3 is 6.09 Å². The number of sulfonamides is 1. The first-order valence-corrected chi connectivity index (χ1v) is 9.94. The summed E-state index contributed by atoms with van der Waals surface area (Å²) >= 11 is 0. The first-order chi connectivity index (χ1) is 12.2. The number of benzene rings is 1. The van der Waals surface area contributed by atoms with E-state index in [4.69, 9.17) is 0 Å². The molecule has 1 aromatic carbocycles. The summed E-state index contributed by atoms with van der Waals surface area (Å²) < 4.78 is 31.6. The maximum absolute atomic E-state index is 12.8. The van der Waals surface area contributed by atoms with Crippen LogP contribution in [0, 0.1) is 13.8 Å². The van der Waals surface area contributed by atoms with Crippen molar-refractivity contribution in [3.05, 3.63) is 29.3 Å². The molecule has 1 aliphatic rings. The van der Waals surface area contributed by atoms with Gasteiger partial charge in [-0.25, -0.2) is 13.2 Å². The van der Waals surface area contributed by atoms with Crippen LogP contribution in [0.5, 0.6) is 0 Å². The molecule has 0 saturated carbocycles. The Morgan fingerprint density at radius 3 is 2.35 bits per heavy atom. The lowest BCUT2D eigenvalue weighted by Crippen LogP contribution is -2.51. The Kier molecular flexibility index (Phi) is 6.74. The molecule has 1 heterocycles. The highest BCUT2D eigenvalue weighted by Crippen LogP contribution is 2.20. The third kappa shape index (κ3) is 5.03. The summed E-state index contributed by atoms with van der Waals surface area (Å²) in [6, 6.07) is 5.11. The zero-order chi connectivity index (χ0) is 19.3. The molecule has 0 aromatic heterocycles. The molecule has 26 heavy (non-hydrogen) atoms. The van der Waals surface area contributed by atoms with Crippen LogP contribution in [0.15, 0.2) is 23.1 Å². The first-order valence-electron chi connectivity index (χ1n) is 8.50. The third-order valence-electron chi connectivity index (χ3n) is 4.33. The van der Waals surface area contributed by atoms with Gasteiger partial charge in [0.05, 0.1) is 18.0 Å². The van der Waals surface area contributed by atoms with E-state index < -0.39 is 22.0 Å². The van der Waals surface area contributed by atoms with Gasteiger partial charge in [0.2, 0.25) is 15.9 Å². The quantitative estimate of drug-likeness (QED) is 0.811. The number of nitrogens with one attached hydrogen (secondary N) is 1. The van der Waals surface area contributed by atoms with E-state index in [0.717, 1.165) is 11.1 Å². The van der Waals surface area contributed by atoms with Crippen LogP contribution in [0.1, 0.15) is 18.1 Å². The van der Waals surface area contributed by atoms with Crippen molar-refractivity contribution in [1.82, 2.24) is 14.5 Å². The van der Waals surface area contributed by atoms with Crippen LogP contribution in [0.3, 0.4) is 0 Å². The first kappa shape index (κ1) is 20.3. The second-order valence-electron chi connectivity index (χ2n) is 6.19. The Morgan fingerprint density at radius 1 is 1.12 bits per heavy atom. The maximum Gasteiger partial charge on any atom is 0.413 e. The fraction of sp³-hybridized carbons (Fsp3) is 0.529. The van der Waals surface area contributed by atoms with E-state index >= 15 is 0 Å². The summed E-state index contributed by atoms with van der Waals surface area (Å²) in [5, 5.41) is 2.13. The molecule has 144 valence electrons. The molecule has 1 saturated heterocycles. The molecule has 0 unspecified atom stereocenters. The monoisotopic (exact) mass is 383 g/mol. The van der Waals surface area contributed by atoms with Crippen LogP contribution in [0.4, 0.5) is 4.79 Å². The van der Waals surface area contributed by atoms with Crippen LogP contribution in [-0.4, -0.2) is 69.0 Å². The van der Waals surface area contributed by atoms with Gasteiger partial charge in [-0.15, -0.1) is 0 Å². The van der Waals surface area contributed by atoms with Crippen molar-refractivity contribution < 1.29 is 22.7 Å². The van der Waals surface area contributed by atoms with E-state index in [-0.39, 0.29) is 18.0 Å². The van der Waals surface area contributed by atoms with Crippen molar-refractivity contribution in [1.29, 1.82) is 0 Å². The third-order valence-corrected chi connectivity index (χ3v) is 6.23. The van der Waals surface area contributed by atoms with Crippen molar-refractivity contribution in [2.75, 3.05) is 39.3 Å². The standard InChI is InChI=1S/C17H25N3O5S/c1-4-25-17(22)18-16(21)12-19-7-9-20(10-8-19)26(23,24)15-6-5-13(2)14(3)11-15/h5-6,11H,4,7-10,12H2,1-3H3,(H,18,21,22). The topological polar surface area (TPSA) is 96.0 Å². The summed E-state index contributed by atoms with van der Waals surface area (Å²) in [5.41, 5.74) is 1.97. The molecular weight excluding hydrogens is 358 g/mol. The largest absolute Gasteiger partial charge is 0.450 e. The van der Waals surface area contributed by atoms with Gasteiger partial charge < -0.3 is 4.74 Å². The van der Waals surface area contributed by atoms with E-state index in [9.17, 15) is 18.0 Å². The summed E-state index contributed by atoms with van der Waals surface area (Å²) in [6.45, 7) is 7.11. The second-order valence-corrected chi connectivity index (χ2v) is 8.13. The van der Waals surface area contributed by atoms with Crippen molar-refractivity contribution >= 4 is 22.0 Å². The van der Waals surface area contributed by atoms with Gasteiger partial charge in [-0.1, -0.05) is 6.07 Å². The van der Waals surface area contributed by atoms with Crippen molar-refractivity contribution in [2.45, 2.75) is 25.7 Å². The average Bonchev–Trinajstić information content (AvgIpc) is 2.57. The van der Waals surface area contributed by atoms with Crippen LogP contribution in [0.25, 0.3) is 0 Å². The molecule has 0 radical (unpaired) electrons. The molecule has 1 N–H and O–H groups in total. The van der Waals surface area contributed by atoms with E-state index in [1.807, 2.05) is 13.8 Å².